The van der Waals surface area contributed by atoms with Crippen LogP contribution in [0.1, 0.15) is 49.4 Å². The fourth-order valence-corrected chi connectivity index (χ4v) is 3.09. The number of nitrogens with two attached hydrogens (primary N) is 1. The van der Waals surface area contributed by atoms with Crippen molar-refractivity contribution in [2.75, 3.05) is 24.7 Å². The predicted octanol–water partition coefficient (Wildman–Crippen LogP) is 3.03. The molecule has 1 aromatic rings. The van der Waals surface area contributed by atoms with Crippen LogP contribution in [0.15, 0.2) is 18.2 Å². The van der Waals surface area contributed by atoms with Gasteiger partial charge in [0.25, 0.3) is 5.91 Å². The van der Waals surface area contributed by atoms with Crippen molar-refractivity contribution in [1.29, 1.82) is 0 Å². The molecule has 3 N–H and O–H groups in total. The van der Waals surface area contributed by atoms with E-state index in [1.165, 1.54) is 19.3 Å². The second kappa shape index (κ2) is 6.83. The Bertz CT molecular complexity index is 491. The SMILES string of the molecule is CCC1CCC(NC(=O)c2ccc(N(C)C)c(N)c2)CC1. The van der Waals surface area contributed by atoms with Gasteiger partial charge in [-0.3, -0.25) is 4.79 Å². The molecule has 1 amide bonds. The molecule has 0 unspecified atom stereocenters. The van der Waals surface area contributed by atoms with Gasteiger partial charge in [0.15, 0.2) is 0 Å². The fraction of sp³-hybridized carbons (Fsp3) is 0.588. The molecule has 0 spiro atoms. The topological polar surface area (TPSA) is 58.4 Å². The third kappa shape index (κ3) is 3.90. The molecule has 4 heteroatoms. The Labute approximate surface area is 127 Å². The molecule has 4 nitrogen and oxygen atoms in total. The highest BCUT2D eigenvalue weighted by atomic mass is 16.1. The molecule has 0 heterocycles. The van der Waals surface area contributed by atoms with E-state index in [-0.39, 0.29) is 5.91 Å². The molecule has 21 heavy (non-hydrogen) atoms. The number of rotatable bonds is 4. The molecule has 0 bridgehead atoms. The third-order valence-corrected chi connectivity index (χ3v) is 4.53. The van der Waals surface area contributed by atoms with E-state index < -0.39 is 0 Å². The lowest BCUT2D eigenvalue weighted by molar-refractivity contribution is 0.0921. The normalized spacial score (nSPS) is 21.9. The summed E-state index contributed by atoms with van der Waals surface area (Å²) in [5.74, 6) is 0.833. The highest BCUT2D eigenvalue weighted by Crippen LogP contribution is 2.27. The van der Waals surface area contributed by atoms with Crippen molar-refractivity contribution < 1.29 is 4.79 Å². The summed E-state index contributed by atoms with van der Waals surface area (Å²) >= 11 is 0. The summed E-state index contributed by atoms with van der Waals surface area (Å²) in [6, 6.07) is 5.83. The zero-order valence-electron chi connectivity index (χ0n) is 13.4. The number of benzene rings is 1. The smallest absolute Gasteiger partial charge is 0.251 e. The van der Waals surface area contributed by atoms with E-state index in [0.29, 0.717) is 17.3 Å². The third-order valence-electron chi connectivity index (χ3n) is 4.53. The molecule has 0 radical (unpaired) electrons. The summed E-state index contributed by atoms with van der Waals surface area (Å²) in [5, 5.41) is 3.15. The molecule has 0 aromatic heterocycles. The van der Waals surface area contributed by atoms with Crippen molar-refractivity contribution in [2.45, 2.75) is 45.1 Å². The van der Waals surface area contributed by atoms with Gasteiger partial charge < -0.3 is 16.0 Å². The quantitative estimate of drug-likeness (QED) is 0.838. The van der Waals surface area contributed by atoms with E-state index in [2.05, 4.69) is 12.2 Å². The molecule has 1 aromatic carbocycles. The average molecular weight is 289 g/mol. The van der Waals surface area contributed by atoms with E-state index in [9.17, 15) is 4.79 Å². The van der Waals surface area contributed by atoms with Crippen LogP contribution in [0.2, 0.25) is 0 Å². The summed E-state index contributed by atoms with van der Waals surface area (Å²) in [4.78, 5) is 14.3. The van der Waals surface area contributed by atoms with Crippen LogP contribution < -0.4 is 16.0 Å². The molecule has 0 aliphatic heterocycles. The van der Waals surface area contributed by atoms with Crippen LogP contribution in [-0.4, -0.2) is 26.0 Å². The van der Waals surface area contributed by atoms with Crippen molar-refractivity contribution in [2.24, 2.45) is 5.92 Å². The zero-order chi connectivity index (χ0) is 15.4. The minimum atomic E-state index is -0.00745. The van der Waals surface area contributed by atoms with Gasteiger partial charge in [-0.15, -0.1) is 0 Å². The number of anilines is 2. The Kier molecular flexibility index (Phi) is 5.10. The molecular weight excluding hydrogens is 262 g/mol. The van der Waals surface area contributed by atoms with E-state index in [4.69, 9.17) is 5.73 Å². The number of carbonyl (C=O) groups is 1. The van der Waals surface area contributed by atoms with E-state index in [1.807, 2.05) is 31.1 Å². The van der Waals surface area contributed by atoms with E-state index >= 15 is 0 Å². The summed E-state index contributed by atoms with van der Waals surface area (Å²) in [6.45, 7) is 2.25. The Morgan fingerprint density at radius 2 is 1.95 bits per heavy atom. The Morgan fingerprint density at radius 3 is 2.48 bits per heavy atom. The molecule has 2 rings (SSSR count). The van der Waals surface area contributed by atoms with Crippen molar-refractivity contribution in [3.05, 3.63) is 23.8 Å². The summed E-state index contributed by atoms with van der Waals surface area (Å²) in [6.07, 6.45) is 5.89. The highest BCUT2D eigenvalue weighted by molar-refractivity contribution is 5.96. The first-order valence-corrected chi connectivity index (χ1v) is 7.89. The lowest BCUT2D eigenvalue weighted by atomic mass is 9.84. The number of carbonyl (C=O) groups excluding carboxylic acids is 1. The van der Waals surface area contributed by atoms with Gasteiger partial charge in [-0.05, 0) is 49.8 Å². The van der Waals surface area contributed by atoms with Crippen molar-refractivity contribution >= 4 is 17.3 Å². The number of nitrogens with one attached hydrogen (secondary N) is 1. The van der Waals surface area contributed by atoms with Gasteiger partial charge in [-0.1, -0.05) is 13.3 Å². The molecule has 1 aliphatic rings. The molecule has 1 saturated carbocycles. The molecule has 1 aliphatic carbocycles. The first-order chi connectivity index (χ1) is 10.0. The van der Waals surface area contributed by atoms with Crippen LogP contribution in [-0.2, 0) is 0 Å². The summed E-state index contributed by atoms with van der Waals surface area (Å²) in [5.41, 5.74) is 8.24. The highest BCUT2D eigenvalue weighted by Gasteiger charge is 2.21. The van der Waals surface area contributed by atoms with Gasteiger partial charge in [0, 0.05) is 25.7 Å². The Hall–Kier alpha value is -1.71. The van der Waals surface area contributed by atoms with Gasteiger partial charge in [0.2, 0.25) is 0 Å². The first kappa shape index (κ1) is 15.7. The molecule has 1 fully saturated rings. The van der Waals surface area contributed by atoms with Gasteiger partial charge in [-0.2, -0.15) is 0 Å². The average Bonchev–Trinajstić information content (AvgIpc) is 2.47. The molecule has 0 saturated heterocycles. The minimum absolute atomic E-state index is 0.00745. The van der Waals surface area contributed by atoms with Crippen LogP contribution >= 0.6 is 0 Å². The minimum Gasteiger partial charge on any atom is -0.397 e. The molecule has 0 atom stereocenters. The molecular formula is C17H27N3O. The maximum atomic E-state index is 12.3. The standard InChI is InChI=1S/C17H27N3O/c1-4-12-5-8-14(9-6-12)19-17(21)13-7-10-16(20(2)3)15(18)11-13/h7,10-12,14H,4-6,8-9,18H2,1-3H3,(H,19,21). The monoisotopic (exact) mass is 289 g/mol. The van der Waals surface area contributed by atoms with Gasteiger partial charge in [0.1, 0.15) is 0 Å². The Morgan fingerprint density at radius 1 is 1.29 bits per heavy atom. The predicted molar refractivity (Wildman–Crippen MR) is 88.7 cm³/mol. The van der Waals surface area contributed by atoms with Crippen molar-refractivity contribution in [3.8, 4) is 0 Å². The number of amides is 1. The number of hydrogen-bond donors (Lipinski definition) is 2. The number of nitrogen functional groups attached to an aromatic ring is 1. The van der Waals surface area contributed by atoms with Crippen LogP contribution in [0.4, 0.5) is 11.4 Å². The number of nitrogens with zero attached hydrogens (tertiary/aromatic N) is 1. The Balaban J connectivity index is 1.96. The van der Waals surface area contributed by atoms with Crippen LogP contribution in [0.25, 0.3) is 0 Å². The van der Waals surface area contributed by atoms with Crippen molar-refractivity contribution in [3.63, 3.8) is 0 Å². The zero-order valence-corrected chi connectivity index (χ0v) is 13.4. The molecule has 116 valence electrons. The van der Waals surface area contributed by atoms with Crippen LogP contribution in [0.5, 0.6) is 0 Å². The first-order valence-electron chi connectivity index (χ1n) is 7.89. The van der Waals surface area contributed by atoms with Gasteiger partial charge in [0.05, 0.1) is 11.4 Å². The van der Waals surface area contributed by atoms with Crippen molar-refractivity contribution in [1.82, 2.24) is 5.32 Å². The maximum Gasteiger partial charge on any atom is 0.251 e. The maximum absolute atomic E-state index is 12.3. The van der Waals surface area contributed by atoms with E-state index in [0.717, 1.165) is 24.4 Å². The second-order valence-corrected chi connectivity index (χ2v) is 6.27. The van der Waals surface area contributed by atoms with Crippen LogP contribution in [0.3, 0.4) is 0 Å². The second-order valence-electron chi connectivity index (χ2n) is 6.27. The summed E-state index contributed by atoms with van der Waals surface area (Å²) < 4.78 is 0. The number of hydrogen-bond acceptors (Lipinski definition) is 3. The van der Waals surface area contributed by atoms with Gasteiger partial charge in [-0.25, -0.2) is 0 Å². The summed E-state index contributed by atoms with van der Waals surface area (Å²) in [7, 11) is 3.88. The largest absolute Gasteiger partial charge is 0.397 e. The van der Waals surface area contributed by atoms with E-state index in [1.54, 1.807) is 6.07 Å². The lowest BCUT2D eigenvalue weighted by Crippen LogP contribution is -2.37. The van der Waals surface area contributed by atoms with Gasteiger partial charge >= 0.3 is 0 Å². The fourth-order valence-electron chi connectivity index (χ4n) is 3.09. The lowest BCUT2D eigenvalue weighted by Gasteiger charge is -2.28. The van der Waals surface area contributed by atoms with Crippen LogP contribution in [0, 0.1) is 5.92 Å².